The van der Waals surface area contributed by atoms with E-state index in [0.29, 0.717) is 0 Å². The van der Waals surface area contributed by atoms with E-state index in [0.717, 1.165) is 0 Å². The first-order valence-electron chi connectivity index (χ1n) is 4.81. The molecule has 0 aliphatic heterocycles. The van der Waals surface area contributed by atoms with Crippen LogP contribution in [0.2, 0.25) is 0 Å². The molecular weight excluding hydrogens is 208 g/mol. The first-order chi connectivity index (χ1) is 7.32. The lowest BCUT2D eigenvalue weighted by atomic mass is 10.1. The normalized spacial score (nSPS) is 12.0. The zero-order valence-corrected chi connectivity index (χ0v) is 9.85. The minimum atomic E-state index is -0.607. The monoisotopic (exact) mass is 224 g/mol. The van der Waals surface area contributed by atoms with Crippen molar-refractivity contribution in [2.24, 2.45) is 16.1 Å². The van der Waals surface area contributed by atoms with Gasteiger partial charge in [-0.15, -0.1) is 5.11 Å². The summed E-state index contributed by atoms with van der Waals surface area (Å²) < 4.78 is 0. The molecule has 7 heteroatoms. The molecule has 1 aromatic rings. The van der Waals surface area contributed by atoms with Crippen LogP contribution < -0.4 is 5.73 Å². The highest BCUT2D eigenvalue weighted by molar-refractivity contribution is 5.94. The van der Waals surface area contributed by atoms with Crippen molar-refractivity contribution >= 4 is 11.7 Å². The number of carbonyl (C=O) groups excluding carboxylic acids is 1. The van der Waals surface area contributed by atoms with Gasteiger partial charge in [0.1, 0.15) is 0 Å². The molecule has 0 aromatic carbocycles. The molecule has 0 saturated carbocycles. The van der Waals surface area contributed by atoms with Crippen molar-refractivity contribution in [3.63, 3.8) is 0 Å². The van der Waals surface area contributed by atoms with E-state index >= 15 is 0 Å². The Morgan fingerprint density at radius 3 is 2.69 bits per heavy atom. The van der Waals surface area contributed by atoms with Gasteiger partial charge in [0.15, 0.2) is 5.69 Å². The Kier molecular flexibility index (Phi) is 3.26. The molecule has 3 N–H and O–H groups in total. The van der Waals surface area contributed by atoms with Gasteiger partial charge in [0.25, 0.3) is 5.91 Å². The van der Waals surface area contributed by atoms with E-state index in [4.69, 9.17) is 5.73 Å². The molecule has 0 atom stereocenters. The van der Waals surface area contributed by atoms with E-state index < -0.39 is 5.91 Å². The number of nitrogens with zero attached hydrogens (tertiary/aromatic N) is 4. The molecule has 0 saturated heterocycles. The topological polar surface area (TPSA) is 99.7 Å². The lowest BCUT2D eigenvalue weighted by Gasteiger charge is -2.27. The van der Waals surface area contributed by atoms with Gasteiger partial charge in [0.2, 0.25) is 5.82 Å². The van der Waals surface area contributed by atoms with Gasteiger partial charge in [-0.2, -0.15) is 0 Å². The van der Waals surface area contributed by atoms with Gasteiger partial charge in [0.05, 0.1) is 11.9 Å². The summed E-state index contributed by atoms with van der Waals surface area (Å²) in [6, 6.07) is 0. The average Bonchev–Trinajstić information content (AvgIpc) is 2.60. The maximum absolute atomic E-state index is 11.0. The molecular formula is C9H16N6O. The second kappa shape index (κ2) is 4.30. The molecule has 1 aromatic heterocycles. The predicted molar refractivity (Wildman–Crippen MR) is 59.1 cm³/mol. The van der Waals surface area contributed by atoms with Crippen molar-refractivity contribution in [1.29, 1.82) is 0 Å². The van der Waals surface area contributed by atoms with E-state index in [2.05, 4.69) is 20.3 Å². The van der Waals surface area contributed by atoms with E-state index in [1.54, 1.807) is 12.1 Å². The number of imidazole rings is 1. The fourth-order valence-electron chi connectivity index (χ4n) is 0.788. The van der Waals surface area contributed by atoms with Gasteiger partial charge in [-0.1, -0.05) is 5.22 Å². The predicted octanol–water partition coefficient (Wildman–Crippen LogP) is 1.24. The van der Waals surface area contributed by atoms with Crippen LogP contribution in [0.4, 0.5) is 5.82 Å². The van der Waals surface area contributed by atoms with E-state index in [1.807, 2.05) is 20.8 Å². The first kappa shape index (κ1) is 12.2. The number of aromatic amines is 1. The summed E-state index contributed by atoms with van der Waals surface area (Å²) in [7, 11) is 1.79. The molecule has 1 amide bonds. The summed E-state index contributed by atoms with van der Waals surface area (Å²) in [6.07, 6.45) is 1.35. The molecule has 16 heavy (non-hydrogen) atoms. The third-order valence-electron chi connectivity index (χ3n) is 2.11. The van der Waals surface area contributed by atoms with Gasteiger partial charge in [-0.25, -0.2) is 4.98 Å². The Morgan fingerprint density at radius 1 is 1.56 bits per heavy atom. The molecule has 0 aliphatic rings. The summed E-state index contributed by atoms with van der Waals surface area (Å²) >= 11 is 0. The van der Waals surface area contributed by atoms with Crippen LogP contribution in [0.25, 0.3) is 0 Å². The number of hydrogen-bond donors (Lipinski definition) is 2. The molecule has 1 rings (SSSR count). The largest absolute Gasteiger partial charge is 0.364 e. The summed E-state index contributed by atoms with van der Waals surface area (Å²) in [5.41, 5.74) is 5.14. The lowest BCUT2D eigenvalue weighted by Crippen LogP contribution is -2.33. The molecule has 0 spiro atoms. The SMILES string of the molecule is CN(/N=N/c1nc[nH]c1C(N)=O)C(C)(C)C. The van der Waals surface area contributed by atoms with Crippen molar-refractivity contribution in [2.75, 3.05) is 7.05 Å². The molecule has 88 valence electrons. The summed E-state index contributed by atoms with van der Waals surface area (Å²) in [5.74, 6) is -0.409. The van der Waals surface area contributed by atoms with Gasteiger partial charge in [-0.3, -0.25) is 9.80 Å². The number of rotatable bonds is 3. The minimum absolute atomic E-state index is 0.146. The maximum Gasteiger partial charge on any atom is 0.269 e. The maximum atomic E-state index is 11.0. The fraction of sp³-hybridized carbons (Fsp3) is 0.556. The summed E-state index contributed by atoms with van der Waals surface area (Å²) in [6.45, 7) is 5.97. The number of hydrogen-bond acceptors (Lipinski definition) is 4. The van der Waals surface area contributed by atoms with Crippen LogP contribution in [0.15, 0.2) is 16.7 Å². The number of H-pyrrole nitrogens is 1. The smallest absolute Gasteiger partial charge is 0.269 e. The zero-order valence-electron chi connectivity index (χ0n) is 9.85. The third-order valence-corrected chi connectivity index (χ3v) is 2.11. The molecule has 7 nitrogen and oxygen atoms in total. The highest BCUT2D eigenvalue weighted by Gasteiger charge is 2.16. The van der Waals surface area contributed by atoms with Crippen molar-refractivity contribution in [3.05, 3.63) is 12.0 Å². The van der Waals surface area contributed by atoms with Gasteiger partial charge in [0, 0.05) is 7.05 Å². The van der Waals surface area contributed by atoms with Crippen molar-refractivity contribution in [2.45, 2.75) is 26.3 Å². The van der Waals surface area contributed by atoms with Crippen molar-refractivity contribution in [1.82, 2.24) is 15.0 Å². The van der Waals surface area contributed by atoms with Crippen LogP contribution in [0, 0.1) is 0 Å². The summed E-state index contributed by atoms with van der Waals surface area (Å²) in [5, 5.41) is 9.48. The first-order valence-corrected chi connectivity index (χ1v) is 4.81. The number of amides is 1. The van der Waals surface area contributed by atoms with Crippen molar-refractivity contribution < 1.29 is 4.79 Å². The van der Waals surface area contributed by atoms with Crippen LogP contribution in [-0.4, -0.2) is 33.5 Å². The fourth-order valence-corrected chi connectivity index (χ4v) is 0.788. The van der Waals surface area contributed by atoms with E-state index in [9.17, 15) is 4.79 Å². The second-order valence-electron chi connectivity index (χ2n) is 4.35. The summed E-state index contributed by atoms with van der Waals surface area (Å²) in [4.78, 5) is 17.4. The molecule has 0 unspecified atom stereocenters. The molecule has 0 aliphatic carbocycles. The standard InChI is InChI=1S/C9H16N6O/c1-9(2,3)15(4)14-13-8-6(7(10)16)11-5-12-8/h5H,1-4H3,(H2,10,16)(H,11,12)/b14-13+. The Morgan fingerprint density at radius 2 is 2.19 bits per heavy atom. The Bertz CT molecular complexity index is 402. The molecule has 0 radical (unpaired) electrons. The molecule has 0 fully saturated rings. The van der Waals surface area contributed by atoms with Crippen LogP contribution in [-0.2, 0) is 0 Å². The average molecular weight is 224 g/mol. The van der Waals surface area contributed by atoms with Crippen LogP contribution in [0.1, 0.15) is 31.3 Å². The molecule has 1 heterocycles. The Labute approximate surface area is 93.7 Å². The number of aromatic nitrogens is 2. The van der Waals surface area contributed by atoms with Gasteiger partial charge < -0.3 is 10.7 Å². The second-order valence-corrected chi connectivity index (χ2v) is 4.35. The van der Waals surface area contributed by atoms with E-state index in [-0.39, 0.29) is 17.1 Å². The lowest BCUT2D eigenvalue weighted by molar-refractivity contribution is 0.0996. The molecule has 0 bridgehead atoms. The quantitative estimate of drug-likeness (QED) is 0.596. The van der Waals surface area contributed by atoms with E-state index in [1.165, 1.54) is 6.33 Å². The van der Waals surface area contributed by atoms with Crippen LogP contribution >= 0.6 is 0 Å². The van der Waals surface area contributed by atoms with Gasteiger partial charge >= 0.3 is 0 Å². The Balaban J connectivity index is 2.85. The number of primary amides is 1. The van der Waals surface area contributed by atoms with Crippen LogP contribution in [0.3, 0.4) is 0 Å². The third kappa shape index (κ3) is 2.78. The van der Waals surface area contributed by atoms with Gasteiger partial charge in [-0.05, 0) is 20.8 Å². The number of carbonyl (C=O) groups is 1. The van der Waals surface area contributed by atoms with Crippen molar-refractivity contribution in [3.8, 4) is 0 Å². The minimum Gasteiger partial charge on any atom is -0.364 e. The van der Waals surface area contributed by atoms with Crippen LogP contribution in [0.5, 0.6) is 0 Å². The Hall–Kier alpha value is -1.92. The number of nitrogens with two attached hydrogens (primary N) is 1. The number of nitrogens with one attached hydrogen (secondary N) is 1. The zero-order chi connectivity index (χ0) is 12.3. The highest BCUT2D eigenvalue weighted by Crippen LogP contribution is 2.16. The highest BCUT2D eigenvalue weighted by atomic mass is 16.1.